The summed E-state index contributed by atoms with van der Waals surface area (Å²) in [5.41, 5.74) is 5.96. The third kappa shape index (κ3) is 4.27. The topological polar surface area (TPSA) is 86.7 Å². The third-order valence-electron chi connectivity index (χ3n) is 5.40. The van der Waals surface area contributed by atoms with Crippen LogP contribution >= 0.6 is 0 Å². The van der Waals surface area contributed by atoms with Crippen LogP contribution in [0.4, 0.5) is 5.69 Å². The van der Waals surface area contributed by atoms with Crippen molar-refractivity contribution in [3.8, 4) is 22.5 Å². The van der Waals surface area contributed by atoms with Crippen LogP contribution in [0.3, 0.4) is 0 Å². The lowest BCUT2D eigenvalue weighted by Gasteiger charge is -2.13. The Morgan fingerprint density at radius 1 is 0.970 bits per heavy atom. The highest BCUT2D eigenvalue weighted by molar-refractivity contribution is 7.92. The largest absolute Gasteiger partial charge is 0.324 e. The van der Waals surface area contributed by atoms with Crippen LogP contribution in [0.15, 0.2) is 79.6 Å². The molecule has 0 aliphatic heterocycles. The molecule has 3 heterocycles. The van der Waals surface area contributed by atoms with E-state index in [0.29, 0.717) is 11.7 Å². The van der Waals surface area contributed by atoms with E-state index in [1.165, 1.54) is 0 Å². The fourth-order valence-electron chi connectivity index (χ4n) is 3.83. The number of nitrogens with one attached hydrogen (secondary N) is 1. The second-order valence-electron chi connectivity index (χ2n) is 8.32. The molecule has 5 rings (SSSR count). The highest BCUT2D eigenvalue weighted by atomic mass is 32.2. The molecule has 0 bridgehead atoms. The molecular formula is C24H24N6O2S. The lowest BCUT2D eigenvalue weighted by Crippen LogP contribution is -2.10. The van der Waals surface area contributed by atoms with Crippen LogP contribution in [0, 0.1) is 0 Å². The SMILES string of the molecule is CC(C)n1cc(-c2ccc3c(c2)ncn3-c2cc(NS(C)(=O)=O)cc(-n3cccc3)c2)cn1. The second-order valence-corrected chi connectivity index (χ2v) is 10.1. The average molecular weight is 461 g/mol. The van der Waals surface area contributed by atoms with Crippen LogP contribution < -0.4 is 4.72 Å². The maximum atomic E-state index is 11.9. The van der Waals surface area contributed by atoms with Crippen LogP contribution in [-0.4, -0.2) is 38.6 Å². The van der Waals surface area contributed by atoms with Crippen molar-refractivity contribution in [2.45, 2.75) is 19.9 Å². The van der Waals surface area contributed by atoms with Crippen LogP contribution in [0.25, 0.3) is 33.5 Å². The molecule has 2 aromatic carbocycles. The number of imidazole rings is 1. The zero-order valence-electron chi connectivity index (χ0n) is 18.5. The number of benzene rings is 2. The summed E-state index contributed by atoms with van der Waals surface area (Å²) < 4.78 is 32.2. The molecule has 0 spiro atoms. The van der Waals surface area contributed by atoms with Gasteiger partial charge in [0.05, 0.1) is 34.9 Å². The Hall–Kier alpha value is -3.85. The molecule has 0 saturated carbocycles. The van der Waals surface area contributed by atoms with Crippen molar-refractivity contribution >= 4 is 26.7 Å². The maximum absolute atomic E-state index is 11.9. The number of hydrogen-bond donors (Lipinski definition) is 1. The molecule has 1 N–H and O–H groups in total. The molecular weight excluding hydrogens is 436 g/mol. The van der Waals surface area contributed by atoms with Gasteiger partial charge >= 0.3 is 0 Å². The van der Waals surface area contributed by atoms with E-state index in [0.717, 1.165) is 39.8 Å². The molecule has 5 aromatic rings. The van der Waals surface area contributed by atoms with Gasteiger partial charge in [-0.3, -0.25) is 14.0 Å². The fraction of sp³-hybridized carbons (Fsp3) is 0.167. The molecule has 3 aromatic heterocycles. The Balaban J connectivity index is 1.59. The summed E-state index contributed by atoms with van der Waals surface area (Å²) in [5, 5.41) is 4.43. The monoisotopic (exact) mass is 460 g/mol. The average Bonchev–Trinajstić information content (AvgIpc) is 3.52. The number of anilines is 1. The normalized spacial score (nSPS) is 12.0. The van der Waals surface area contributed by atoms with Gasteiger partial charge in [-0.1, -0.05) is 6.07 Å². The molecule has 0 amide bonds. The number of fused-ring (bicyclic) bond motifs is 1. The number of rotatable bonds is 6. The summed E-state index contributed by atoms with van der Waals surface area (Å²) in [6.45, 7) is 4.19. The van der Waals surface area contributed by atoms with Crippen molar-refractivity contribution in [2.24, 2.45) is 0 Å². The molecule has 0 saturated heterocycles. The zero-order valence-corrected chi connectivity index (χ0v) is 19.4. The standard InChI is InChI=1S/C24H24N6O2S/c1-17(2)30-15-19(14-26-30)18-6-7-24-23(10-18)25-16-29(24)22-12-20(27-33(3,31)32)11-21(13-22)28-8-4-5-9-28/h4-17,27H,1-3H3. The Bertz CT molecular complexity index is 1550. The predicted molar refractivity (Wildman–Crippen MR) is 130 cm³/mol. The number of nitrogens with zero attached hydrogens (tertiary/aromatic N) is 5. The molecule has 0 fully saturated rings. The van der Waals surface area contributed by atoms with Gasteiger partial charge in [-0.25, -0.2) is 13.4 Å². The van der Waals surface area contributed by atoms with Gasteiger partial charge in [0, 0.05) is 35.9 Å². The summed E-state index contributed by atoms with van der Waals surface area (Å²) in [5.74, 6) is 0. The van der Waals surface area contributed by atoms with Gasteiger partial charge in [0.15, 0.2) is 0 Å². The Kier molecular flexibility index (Phi) is 5.05. The Labute approximate surface area is 192 Å². The number of aromatic nitrogens is 5. The van der Waals surface area contributed by atoms with Gasteiger partial charge in [0.25, 0.3) is 0 Å². The van der Waals surface area contributed by atoms with Crippen LogP contribution in [0.2, 0.25) is 0 Å². The summed E-state index contributed by atoms with van der Waals surface area (Å²) in [4.78, 5) is 4.61. The summed E-state index contributed by atoms with van der Waals surface area (Å²) in [6, 6.07) is 15.9. The van der Waals surface area contributed by atoms with E-state index in [2.05, 4.69) is 28.7 Å². The van der Waals surface area contributed by atoms with Crippen molar-refractivity contribution in [3.05, 3.63) is 79.6 Å². The molecule has 33 heavy (non-hydrogen) atoms. The second kappa shape index (κ2) is 7.93. The molecule has 9 heteroatoms. The van der Waals surface area contributed by atoms with E-state index in [1.54, 1.807) is 18.5 Å². The first-order chi connectivity index (χ1) is 15.8. The van der Waals surface area contributed by atoms with Gasteiger partial charge in [-0.15, -0.1) is 0 Å². The van der Waals surface area contributed by atoms with Gasteiger partial charge in [-0.05, 0) is 61.9 Å². The van der Waals surface area contributed by atoms with E-state index >= 15 is 0 Å². The lowest BCUT2D eigenvalue weighted by molar-refractivity contribution is 0.532. The van der Waals surface area contributed by atoms with Crippen LogP contribution in [0.5, 0.6) is 0 Å². The van der Waals surface area contributed by atoms with Crippen molar-refractivity contribution < 1.29 is 8.42 Å². The van der Waals surface area contributed by atoms with Gasteiger partial charge < -0.3 is 4.57 Å². The first kappa shape index (κ1) is 21.0. The molecule has 0 aliphatic carbocycles. The van der Waals surface area contributed by atoms with Crippen molar-refractivity contribution in [1.29, 1.82) is 0 Å². The highest BCUT2D eigenvalue weighted by Gasteiger charge is 2.12. The molecule has 0 atom stereocenters. The molecule has 168 valence electrons. The molecule has 8 nitrogen and oxygen atoms in total. The number of hydrogen-bond acceptors (Lipinski definition) is 4. The van der Waals surface area contributed by atoms with Gasteiger partial charge in [-0.2, -0.15) is 5.10 Å². The molecule has 0 unspecified atom stereocenters. The summed E-state index contributed by atoms with van der Waals surface area (Å²) in [7, 11) is -3.42. The van der Waals surface area contributed by atoms with E-state index < -0.39 is 10.0 Å². The minimum absolute atomic E-state index is 0.295. The zero-order chi connectivity index (χ0) is 23.2. The quantitative estimate of drug-likeness (QED) is 0.400. The molecule has 0 radical (unpaired) electrons. The summed E-state index contributed by atoms with van der Waals surface area (Å²) >= 11 is 0. The van der Waals surface area contributed by atoms with E-state index in [1.807, 2.05) is 75.0 Å². The van der Waals surface area contributed by atoms with Crippen LogP contribution in [-0.2, 0) is 10.0 Å². The van der Waals surface area contributed by atoms with Gasteiger partial charge in [0.1, 0.15) is 6.33 Å². The first-order valence-electron chi connectivity index (χ1n) is 10.5. The van der Waals surface area contributed by atoms with Crippen LogP contribution in [0.1, 0.15) is 19.9 Å². The fourth-order valence-corrected chi connectivity index (χ4v) is 4.38. The number of sulfonamides is 1. The predicted octanol–water partition coefficient (Wildman–Crippen LogP) is 4.63. The minimum atomic E-state index is -3.42. The summed E-state index contributed by atoms with van der Waals surface area (Å²) in [6.07, 6.45) is 10.6. The minimum Gasteiger partial charge on any atom is -0.324 e. The first-order valence-corrected chi connectivity index (χ1v) is 12.4. The van der Waals surface area contributed by atoms with E-state index in [-0.39, 0.29) is 0 Å². The smallest absolute Gasteiger partial charge is 0.229 e. The van der Waals surface area contributed by atoms with Crippen molar-refractivity contribution in [2.75, 3.05) is 11.0 Å². The highest BCUT2D eigenvalue weighted by Crippen LogP contribution is 2.28. The van der Waals surface area contributed by atoms with E-state index in [4.69, 9.17) is 0 Å². The lowest BCUT2D eigenvalue weighted by atomic mass is 10.1. The Morgan fingerprint density at radius 3 is 2.42 bits per heavy atom. The van der Waals surface area contributed by atoms with Crippen molar-refractivity contribution in [1.82, 2.24) is 23.9 Å². The van der Waals surface area contributed by atoms with Gasteiger partial charge in [0.2, 0.25) is 10.0 Å². The molecule has 0 aliphatic rings. The van der Waals surface area contributed by atoms with Crippen molar-refractivity contribution in [3.63, 3.8) is 0 Å². The Morgan fingerprint density at radius 2 is 1.73 bits per heavy atom. The third-order valence-corrected chi connectivity index (χ3v) is 6.00. The maximum Gasteiger partial charge on any atom is 0.229 e. The van der Waals surface area contributed by atoms with E-state index in [9.17, 15) is 8.42 Å².